The van der Waals surface area contributed by atoms with Gasteiger partial charge in [-0.05, 0) is 40.6 Å². The number of rotatable bonds is 3. The van der Waals surface area contributed by atoms with Crippen molar-refractivity contribution in [3.8, 4) is 0 Å². The molecule has 3 aromatic rings. The van der Waals surface area contributed by atoms with Crippen molar-refractivity contribution in [2.45, 2.75) is 6.42 Å². The molecular weight excluding hydrogens is 400 g/mol. The van der Waals surface area contributed by atoms with E-state index in [0.717, 1.165) is 20.1 Å². The highest BCUT2D eigenvalue weighted by atomic mass is 79.9. The van der Waals surface area contributed by atoms with Gasteiger partial charge >= 0.3 is 0 Å². The Hall–Kier alpha value is -0.970. The van der Waals surface area contributed by atoms with Crippen LogP contribution in [0.15, 0.2) is 56.8 Å². The summed E-state index contributed by atoms with van der Waals surface area (Å²) in [4.78, 5) is 12.5. The summed E-state index contributed by atoms with van der Waals surface area (Å²) in [7, 11) is 0. The fraction of sp³-hybridized carbons (Fsp3) is 0.0625. The van der Waals surface area contributed by atoms with E-state index >= 15 is 0 Å². The topological polar surface area (TPSA) is 17.1 Å². The molecule has 0 atom stereocenters. The zero-order valence-corrected chi connectivity index (χ0v) is 14.4. The molecule has 0 saturated heterocycles. The Bertz CT molecular complexity index is 792. The minimum atomic E-state index is 0.127. The van der Waals surface area contributed by atoms with E-state index in [0.29, 0.717) is 6.42 Å². The second kappa shape index (κ2) is 5.80. The molecule has 0 N–H and O–H groups in total. The van der Waals surface area contributed by atoms with Crippen molar-refractivity contribution in [2.75, 3.05) is 0 Å². The molecule has 0 spiro atoms. The first kappa shape index (κ1) is 14.0. The summed E-state index contributed by atoms with van der Waals surface area (Å²) in [5, 5.41) is 3.26. The quantitative estimate of drug-likeness (QED) is 0.495. The third-order valence-corrected chi connectivity index (χ3v) is 5.34. The van der Waals surface area contributed by atoms with E-state index in [4.69, 9.17) is 0 Å². The van der Waals surface area contributed by atoms with Crippen LogP contribution in [0.3, 0.4) is 0 Å². The maximum absolute atomic E-state index is 12.5. The van der Waals surface area contributed by atoms with Crippen molar-refractivity contribution in [2.24, 2.45) is 0 Å². The van der Waals surface area contributed by atoms with Gasteiger partial charge in [0.05, 0.1) is 0 Å². The van der Waals surface area contributed by atoms with E-state index in [1.54, 1.807) is 11.3 Å². The molecule has 0 radical (unpaired) electrons. The van der Waals surface area contributed by atoms with Crippen LogP contribution in [0.4, 0.5) is 0 Å². The summed E-state index contributed by atoms with van der Waals surface area (Å²) in [6.07, 6.45) is 0.430. The third-order valence-electron chi connectivity index (χ3n) is 3.14. The van der Waals surface area contributed by atoms with Crippen LogP contribution in [0.25, 0.3) is 10.1 Å². The van der Waals surface area contributed by atoms with Gasteiger partial charge in [0.1, 0.15) is 0 Å². The first-order chi connectivity index (χ1) is 9.65. The molecule has 0 unspecified atom stereocenters. The van der Waals surface area contributed by atoms with Crippen LogP contribution in [0.5, 0.6) is 0 Å². The van der Waals surface area contributed by atoms with Crippen molar-refractivity contribution in [1.82, 2.24) is 0 Å². The lowest BCUT2D eigenvalue weighted by Gasteiger charge is -2.04. The Balaban J connectivity index is 1.94. The molecule has 100 valence electrons. The molecule has 1 aromatic heterocycles. The molecule has 0 aliphatic carbocycles. The highest BCUT2D eigenvalue weighted by Gasteiger charge is 2.13. The molecule has 0 bridgehead atoms. The first-order valence-corrected chi connectivity index (χ1v) is 8.55. The number of benzene rings is 2. The monoisotopic (exact) mass is 408 g/mol. The summed E-state index contributed by atoms with van der Waals surface area (Å²) in [5.74, 6) is 0.127. The van der Waals surface area contributed by atoms with Gasteiger partial charge in [-0.2, -0.15) is 0 Å². The van der Waals surface area contributed by atoms with Crippen molar-refractivity contribution in [3.05, 3.63) is 67.9 Å². The predicted molar refractivity (Wildman–Crippen MR) is 91.7 cm³/mol. The van der Waals surface area contributed by atoms with Crippen LogP contribution in [0, 0.1) is 0 Å². The first-order valence-electron chi connectivity index (χ1n) is 6.08. The van der Waals surface area contributed by atoms with Gasteiger partial charge in [0.25, 0.3) is 0 Å². The van der Waals surface area contributed by atoms with Crippen LogP contribution < -0.4 is 0 Å². The number of carbonyl (C=O) groups is 1. The normalized spacial score (nSPS) is 10.9. The lowest BCUT2D eigenvalue weighted by atomic mass is 10.0. The maximum atomic E-state index is 12.5. The fourth-order valence-corrected chi connectivity index (χ4v) is 3.94. The van der Waals surface area contributed by atoms with Crippen molar-refractivity contribution in [3.63, 3.8) is 0 Å². The number of thiophene rings is 1. The lowest BCUT2D eigenvalue weighted by molar-refractivity contribution is 0.0992. The molecule has 0 amide bonds. The fourth-order valence-electron chi connectivity index (χ4n) is 2.15. The molecule has 1 nitrogen and oxygen atoms in total. The molecule has 4 heteroatoms. The summed E-state index contributed by atoms with van der Waals surface area (Å²) < 4.78 is 2.98. The van der Waals surface area contributed by atoms with Crippen molar-refractivity contribution in [1.29, 1.82) is 0 Å². The van der Waals surface area contributed by atoms with Crippen LogP contribution in [0.1, 0.15) is 15.9 Å². The van der Waals surface area contributed by atoms with Crippen LogP contribution in [0.2, 0.25) is 0 Å². The number of ketones is 1. The van der Waals surface area contributed by atoms with Crippen LogP contribution in [-0.4, -0.2) is 5.78 Å². The van der Waals surface area contributed by atoms with E-state index < -0.39 is 0 Å². The summed E-state index contributed by atoms with van der Waals surface area (Å²) in [5.41, 5.74) is 1.82. The standard InChI is InChI=1S/C16H10Br2OS/c17-11-5-6-14(18)13(8-11)15(19)7-10-9-20-16-4-2-1-3-12(10)16/h1-6,8-9H,7H2. The average molecular weight is 410 g/mol. The third kappa shape index (κ3) is 2.73. The van der Waals surface area contributed by atoms with E-state index in [9.17, 15) is 4.79 Å². The maximum Gasteiger partial charge on any atom is 0.168 e. The molecule has 2 aromatic carbocycles. The number of halogens is 2. The number of carbonyl (C=O) groups excluding carboxylic acids is 1. The second-order valence-electron chi connectivity index (χ2n) is 4.48. The van der Waals surface area contributed by atoms with Gasteiger partial charge in [-0.25, -0.2) is 0 Å². The van der Waals surface area contributed by atoms with Gasteiger partial charge in [0.2, 0.25) is 0 Å². The second-order valence-corrected chi connectivity index (χ2v) is 7.16. The SMILES string of the molecule is O=C(Cc1csc2ccccc12)c1cc(Br)ccc1Br. The van der Waals surface area contributed by atoms with Crippen molar-refractivity contribution >= 4 is 59.1 Å². The Morgan fingerprint density at radius 2 is 1.90 bits per heavy atom. The minimum Gasteiger partial charge on any atom is -0.294 e. The van der Waals surface area contributed by atoms with E-state index in [1.807, 2.05) is 30.3 Å². The minimum absolute atomic E-state index is 0.127. The Labute approximate surface area is 137 Å². The molecule has 0 saturated carbocycles. The highest BCUT2D eigenvalue weighted by molar-refractivity contribution is 9.11. The zero-order chi connectivity index (χ0) is 14.1. The van der Waals surface area contributed by atoms with E-state index in [1.165, 1.54) is 10.1 Å². The van der Waals surface area contributed by atoms with E-state index in [-0.39, 0.29) is 5.78 Å². The summed E-state index contributed by atoms with van der Waals surface area (Å²) in [6.45, 7) is 0. The largest absolute Gasteiger partial charge is 0.294 e. The molecule has 1 heterocycles. The average Bonchev–Trinajstić information content (AvgIpc) is 2.85. The smallest absolute Gasteiger partial charge is 0.168 e. The molecule has 0 fully saturated rings. The highest BCUT2D eigenvalue weighted by Crippen LogP contribution is 2.28. The van der Waals surface area contributed by atoms with Gasteiger partial charge in [0.15, 0.2) is 5.78 Å². The Morgan fingerprint density at radius 3 is 2.75 bits per heavy atom. The lowest BCUT2D eigenvalue weighted by Crippen LogP contribution is -2.04. The van der Waals surface area contributed by atoms with Gasteiger partial charge in [-0.3, -0.25) is 4.79 Å². The predicted octanol–water partition coefficient (Wildman–Crippen LogP) is 5.85. The summed E-state index contributed by atoms with van der Waals surface area (Å²) >= 11 is 8.54. The number of hydrogen-bond acceptors (Lipinski definition) is 2. The molecule has 0 aliphatic rings. The molecular formula is C16H10Br2OS. The molecule has 0 aliphatic heterocycles. The molecule has 20 heavy (non-hydrogen) atoms. The number of hydrogen-bond donors (Lipinski definition) is 0. The van der Waals surface area contributed by atoms with Crippen molar-refractivity contribution < 1.29 is 4.79 Å². The Morgan fingerprint density at radius 1 is 1.10 bits per heavy atom. The van der Waals surface area contributed by atoms with Gasteiger partial charge < -0.3 is 0 Å². The number of Topliss-reactive ketones (excluding diaryl/α,β-unsaturated/α-hetero) is 1. The van der Waals surface area contributed by atoms with Gasteiger partial charge in [-0.15, -0.1) is 11.3 Å². The zero-order valence-electron chi connectivity index (χ0n) is 10.4. The van der Waals surface area contributed by atoms with Gasteiger partial charge in [-0.1, -0.05) is 50.1 Å². The summed E-state index contributed by atoms with van der Waals surface area (Å²) in [6, 6.07) is 13.9. The molecule has 3 rings (SSSR count). The van der Waals surface area contributed by atoms with E-state index in [2.05, 4.69) is 49.4 Å². The van der Waals surface area contributed by atoms with Crippen LogP contribution in [-0.2, 0) is 6.42 Å². The Kier molecular flexibility index (Phi) is 4.06. The number of fused-ring (bicyclic) bond motifs is 1. The van der Waals surface area contributed by atoms with Gasteiger partial charge in [0, 0.05) is 25.6 Å². The van der Waals surface area contributed by atoms with Crippen LogP contribution >= 0.6 is 43.2 Å².